The van der Waals surface area contributed by atoms with Gasteiger partial charge in [-0.2, -0.15) is 0 Å². The van der Waals surface area contributed by atoms with E-state index in [1.165, 1.54) is 12.8 Å². The van der Waals surface area contributed by atoms with Gasteiger partial charge in [0.15, 0.2) is 5.22 Å². The van der Waals surface area contributed by atoms with Crippen LogP contribution in [0, 0.1) is 29.6 Å². The van der Waals surface area contributed by atoms with Gasteiger partial charge in [0.25, 0.3) is 0 Å². The van der Waals surface area contributed by atoms with E-state index < -0.39 is 0 Å². The fourth-order valence-corrected chi connectivity index (χ4v) is 3.30. The standard InChI is InChI=1S/C20H25ClO/c1-15(2)18-13-12-16(3)14-19(18)22-20(21)11-7-10-17-8-5-4-6-9-17/h4-6,8-9,11,15-16,18-19H,12-14H2,1-3H3/b20-11-/t16-,18+,19-/m0/s1. The van der Waals surface area contributed by atoms with Gasteiger partial charge < -0.3 is 4.74 Å². The number of allylic oxidation sites excluding steroid dienone is 1. The summed E-state index contributed by atoms with van der Waals surface area (Å²) in [6.07, 6.45) is 5.48. The minimum atomic E-state index is 0.214. The van der Waals surface area contributed by atoms with Gasteiger partial charge >= 0.3 is 0 Å². The van der Waals surface area contributed by atoms with Crippen LogP contribution < -0.4 is 0 Å². The van der Waals surface area contributed by atoms with Gasteiger partial charge in [-0.05, 0) is 54.3 Å². The van der Waals surface area contributed by atoms with Crippen molar-refractivity contribution in [1.29, 1.82) is 0 Å². The van der Waals surface area contributed by atoms with E-state index in [2.05, 4.69) is 32.6 Å². The van der Waals surface area contributed by atoms with Crippen LogP contribution in [0.25, 0.3) is 0 Å². The highest BCUT2D eigenvalue weighted by atomic mass is 35.5. The molecule has 1 fully saturated rings. The monoisotopic (exact) mass is 316 g/mol. The van der Waals surface area contributed by atoms with Crippen LogP contribution in [0.2, 0.25) is 0 Å². The molecule has 1 aromatic carbocycles. The molecule has 0 aliphatic heterocycles. The molecular formula is C20H25ClO. The first kappa shape index (κ1) is 17.0. The highest BCUT2D eigenvalue weighted by molar-refractivity contribution is 6.28. The highest BCUT2D eigenvalue weighted by Crippen LogP contribution is 2.36. The average molecular weight is 317 g/mol. The van der Waals surface area contributed by atoms with Crippen molar-refractivity contribution < 1.29 is 4.74 Å². The Balaban J connectivity index is 1.98. The Morgan fingerprint density at radius 2 is 2.00 bits per heavy atom. The molecule has 1 aromatic rings. The molecule has 118 valence electrons. The Morgan fingerprint density at radius 3 is 2.68 bits per heavy atom. The molecule has 1 nitrogen and oxygen atoms in total. The largest absolute Gasteiger partial charge is 0.479 e. The van der Waals surface area contributed by atoms with Crippen molar-refractivity contribution in [3.63, 3.8) is 0 Å². The smallest absolute Gasteiger partial charge is 0.195 e. The molecule has 0 heterocycles. The lowest BCUT2D eigenvalue weighted by atomic mass is 9.75. The summed E-state index contributed by atoms with van der Waals surface area (Å²) in [6, 6.07) is 9.89. The maximum absolute atomic E-state index is 6.23. The molecular weight excluding hydrogens is 292 g/mol. The molecule has 0 N–H and O–H groups in total. The molecule has 1 aliphatic rings. The van der Waals surface area contributed by atoms with Gasteiger partial charge in [-0.1, -0.05) is 57.2 Å². The first-order chi connectivity index (χ1) is 10.6. The predicted octanol–water partition coefficient (Wildman–Crippen LogP) is 5.60. The van der Waals surface area contributed by atoms with Crippen molar-refractivity contribution in [2.24, 2.45) is 17.8 Å². The molecule has 1 saturated carbocycles. The van der Waals surface area contributed by atoms with Crippen LogP contribution in [0.1, 0.15) is 45.6 Å². The van der Waals surface area contributed by atoms with Crippen LogP contribution in [-0.2, 0) is 4.74 Å². The van der Waals surface area contributed by atoms with Gasteiger partial charge in [0, 0.05) is 11.6 Å². The Bertz CT molecular complexity index is 550. The summed E-state index contributed by atoms with van der Waals surface area (Å²) < 4.78 is 6.00. The lowest BCUT2D eigenvalue weighted by molar-refractivity contribution is 0.00816. The van der Waals surface area contributed by atoms with E-state index in [0.717, 1.165) is 12.0 Å². The maximum atomic E-state index is 6.23. The first-order valence-corrected chi connectivity index (χ1v) is 8.53. The number of ether oxygens (including phenoxy) is 1. The van der Waals surface area contributed by atoms with E-state index in [1.807, 2.05) is 30.3 Å². The minimum absolute atomic E-state index is 0.214. The third-order valence-corrected chi connectivity index (χ3v) is 4.60. The fourth-order valence-electron chi connectivity index (χ4n) is 3.13. The van der Waals surface area contributed by atoms with Crippen LogP contribution in [-0.4, -0.2) is 6.10 Å². The Morgan fingerprint density at radius 1 is 1.27 bits per heavy atom. The minimum Gasteiger partial charge on any atom is -0.479 e. The Kier molecular flexibility index (Phi) is 6.40. The van der Waals surface area contributed by atoms with E-state index >= 15 is 0 Å². The molecule has 1 aliphatic carbocycles. The first-order valence-electron chi connectivity index (χ1n) is 8.15. The molecule has 0 bridgehead atoms. The number of rotatable bonds is 3. The Labute approximate surface area is 139 Å². The summed E-state index contributed by atoms with van der Waals surface area (Å²) in [5.41, 5.74) is 0.981. The second-order valence-corrected chi connectivity index (χ2v) is 6.94. The van der Waals surface area contributed by atoms with E-state index in [1.54, 1.807) is 6.08 Å². The third kappa shape index (κ3) is 5.11. The number of hydrogen-bond donors (Lipinski definition) is 0. The van der Waals surface area contributed by atoms with Gasteiger partial charge in [-0.3, -0.25) is 0 Å². The zero-order valence-corrected chi connectivity index (χ0v) is 14.4. The highest BCUT2D eigenvalue weighted by Gasteiger charge is 2.32. The van der Waals surface area contributed by atoms with Gasteiger partial charge in [0.1, 0.15) is 6.10 Å². The van der Waals surface area contributed by atoms with Crippen molar-refractivity contribution in [1.82, 2.24) is 0 Å². The maximum Gasteiger partial charge on any atom is 0.195 e. The summed E-state index contributed by atoms with van der Waals surface area (Å²) in [5, 5.41) is 0.410. The molecule has 2 rings (SSSR count). The average Bonchev–Trinajstić information content (AvgIpc) is 2.48. The summed E-state index contributed by atoms with van der Waals surface area (Å²) in [6.45, 7) is 6.83. The molecule has 2 heteroatoms. The number of hydrogen-bond acceptors (Lipinski definition) is 1. The second-order valence-electron chi connectivity index (χ2n) is 6.57. The zero-order chi connectivity index (χ0) is 15.9. The van der Waals surface area contributed by atoms with E-state index in [9.17, 15) is 0 Å². The molecule has 0 amide bonds. The van der Waals surface area contributed by atoms with Crippen LogP contribution in [0.3, 0.4) is 0 Å². The molecule has 0 unspecified atom stereocenters. The molecule has 0 spiro atoms. The third-order valence-electron chi connectivity index (χ3n) is 4.40. The fraction of sp³-hybridized carbons (Fsp3) is 0.500. The second kappa shape index (κ2) is 8.30. The van der Waals surface area contributed by atoms with Gasteiger partial charge in [0.05, 0.1) is 0 Å². The van der Waals surface area contributed by atoms with Crippen LogP contribution in [0.15, 0.2) is 41.6 Å². The number of halogens is 1. The molecule has 0 aromatic heterocycles. The van der Waals surface area contributed by atoms with Crippen molar-refractivity contribution in [2.75, 3.05) is 0 Å². The van der Waals surface area contributed by atoms with Crippen LogP contribution in [0.5, 0.6) is 0 Å². The summed E-state index contributed by atoms with van der Waals surface area (Å²) >= 11 is 6.23. The van der Waals surface area contributed by atoms with Crippen LogP contribution >= 0.6 is 11.6 Å². The van der Waals surface area contributed by atoms with Crippen molar-refractivity contribution >= 4 is 11.6 Å². The quantitative estimate of drug-likeness (QED) is 0.521. The zero-order valence-electron chi connectivity index (χ0n) is 13.7. The van der Waals surface area contributed by atoms with Gasteiger partial charge in [0.2, 0.25) is 0 Å². The summed E-state index contributed by atoms with van der Waals surface area (Å²) in [4.78, 5) is 0. The van der Waals surface area contributed by atoms with Crippen molar-refractivity contribution in [3.05, 3.63) is 47.2 Å². The Hall–Kier alpha value is -1.39. The van der Waals surface area contributed by atoms with Gasteiger partial charge in [-0.25, -0.2) is 0 Å². The lowest BCUT2D eigenvalue weighted by Crippen LogP contribution is -2.33. The topological polar surface area (TPSA) is 9.23 Å². The van der Waals surface area contributed by atoms with E-state index in [0.29, 0.717) is 23.0 Å². The van der Waals surface area contributed by atoms with Crippen LogP contribution in [0.4, 0.5) is 0 Å². The molecule has 0 radical (unpaired) electrons. The van der Waals surface area contributed by atoms with E-state index in [4.69, 9.17) is 16.3 Å². The SMILES string of the molecule is CC(C)[C@H]1CC[C@H](C)C[C@@H]1O/C(Cl)=C\C#Cc1ccccc1. The van der Waals surface area contributed by atoms with Crippen molar-refractivity contribution in [3.8, 4) is 11.8 Å². The van der Waals surface area contributed by atoms with Crippen molar-refractivity contribution in [2.45, 2.75) is 46.1 Å². The molecule has 3 atom stereocenters. The lowest BCUT2D eigenvalue weighted by Gasteiger charge is -2.37. The normalized spacial score (nSPS) is 25.5. The van der Waals surface area contributed by atoms with E-state index in [-0.39, 0.29) is 6.10 Å². The molecule has 0 saturated heterocycles. The number of benzene rings is 1. The molecule has 22 heavy (non-hydrogen) atoms. The summed E-state index contributed by atoms with van der Waals surface area (Å²) in [7, 11) is 0. The van der Waals surface area contributed by atoms with Gasteiger partial charge in [-0.15, -0.1) is 0 Å². The predicted molar refractivity (Wildman–Crippen MR) is 93.5 cm³/mol. The summed E-state index contributed by atoms with van der Waals surface area (Å²) in [5.74, 6) is 7.96.